The van der Waals surface area contributed by atoms with Crippen molar-refractivity contribution >= 4 is 43.6 Å². The minimum Gasteiger partial charge on any atom is -0.256 e. The Hall–Kier alpha value is -8.60. The maximum atomic E-state index is 5.31. The van der Waals surface area contributed by atoms with Crippen molar-refractivity contribution in [3.05, 3.63) is 231 Å². The molecule has 0 spiro atoms. The first-order chi connectivity index (χ1) is 31.7. The van der Waals surface area contributed by atoms with Gasteiger partial charge in [0.25, 0.3) is 0 Å². The summed E-state index contributed by atoms with van der Waals surface area (Å²) in [5.41, 5.74) is 19.2. The van der Waals surface area contributed by atoms with Gasteiger partial charge >= 0.3 is 0 Å². The van der Waals surface area contributed by atoms with Crippen LogP contribution in [0.4, 0.5) is 0 Å². The Labute approximate surface area is 370 Å². The number of hydrogen-bond acceptors (Lipinski definition) is 4. The van der Waals surface area contributed by atoms with Gasteiger partial charge in [0, 0.05) is 45.1 Å². The average molecular weight is 815 g/mol. The van der Waals surface area contributed by atoms with Crippen molar-refractivity contribution in [2.75, 3.05) is 0 Å². The van der Waals surface area contributed by atoms with E-state index in [2.05, 4.69) is 218 Å². The van der Waals surface area contributed by atoms with E-state index in [9.17, 15) is 0 Å². The SMILES string of the molecule is c1ccc(-c2ccnc3cc4c(-c5ccccc5)cc(-c5ccc(-c6ccc(-c7cc(-c8ccccc8)c8cc9nccc(-c%10ccccc%10)c9cc8n7)cc6)cc5)nc4cc23)cc1. The summed E-state index contributed by atoms with van der Waals surface area (Å²) in [6.07, 6.45) is 3.80. The Balaban J connectivity index is 0.915. The van der Waals surface area contributed by atoms with Crippen LogP contribution in [0.2, 0.25) is 0 Å². The zero-order chi connectivity index (χ0) is 42.4. The largest absolute Gasteiger partial charge is 0.256 e. The van der Waals surface area contributed by atoms with Crippen LogP contribution in [-0.2, 0) is 0 Å². The van der Waals surface area contributed by atoms with Crippen molar-refractivity contribution < 1.29 is 0 Å². The molecule has 0 radical (unpaired) electrons. The number of fused-ring (bicyclic) bond motifs is 4. The topological polar surface area (TPSA) is 51.6 Å². The van der Waals surface area contributed by atoms with Gasteiger partial charge in [0.05, 0.1) is 33.5 Å². The molecular weight excluding hydrogens is 777 g/mol. The number of aromatic nitrogens is 4. The fourth-order valence-electron chi connectivity index (χ4n) is 9.15. The maximum absolute atomic E-state index is 5.31. The van der Waals surface area contributed by atoms with Crippen molar-refractivity contribution in [1.82, 2.24) is 19.9 Å². The van der Waals surface area contributed by atoms with Crippen molar-refractivity contribution in [3.8, 4) is 78.1 Å². The third-order valence-corrected chi connectivity index (χ3v) is 12.4. The predicted molar refractivity (Wildman–Crippen MR) is 266 cm³/mol. The van der Waals surface area contributed by atoms with Gasteiger partial charge in [-0.25, -0.2) is 9.97 Å². The number of benzene rings is 8. The van der Waals surface area contributed by atoms with Crippen LogP contribution in [0.1, 0.15) is 0 Å². The van der Waals surface area contributed by atoms with Crippen molar-refractivity contribution in [2.24, 2.45) is 0 Å². The fourth-order valence-corrected chi connectivity index (χ4v) is 9.15. The van der Waals surface area contributed by atoms with Gasteiger partial charge in [-0.05, 0) is 104 Å². The Morgan fingerprint density at radius 2 is 0.516 bits per heavy atom. The predicted octanol–water partition coefficient (Wildman–Crippen LogP) is 15.5. The van der Waals surface area contributed by atoms with Crippen LogP contribution in [0.3, 0.4) is 0 Å². The summed E-state index contributed by atoms with van der Waals surface area (Å²) in [6, 6.07) is 77.1. The lowest BCUT2D eigenvalue weighted by Gasteiger charge is -2.14. The molecule has 0 unspecified atom stereocenters. The zero-order valence-corrected chi connectivity index (χ0v) is 34.7. The molecule has 0 aliphatic heterocycles. The first-order valence-electron chi connectivity index (χ1n) is 21.6. The third-order valence-electron chi connectivity index (χ3n) is 12.4. The second-order valence-electron chi connectivity index (χ2n) is 16.2. The van der Waals surface area contributed by atoms with Gasteiger partial charge in [-0.15, -0.1) is 0 Å². The molecule has 0 N–H and O–H groups in total. The highest BCUT2D eigenvalue weighted by atomic mass is 14.7. The minimum absolute atomic E-state index is 0.925. The Morgan fingerprint density at radius 3 is 0.875 bits per heavy atom. The van der Waals surface area contributed by atoms with E-state index in [1.165, 1.54) is 0 Å². The molecule has 12 aromatic rings. The molecule has 4 heterocycles. The average Bonchev–Trinajstić information content (AvgIpc) is 3.37. The monoisotopic (exact) mass is 814 g/mol. The number of pyridine rings is 4. The molecular formula is C60H38N4. The molecule has 4 heteroatoms. The summed E-state index contributed by atoms with van der Waals surface area (Å²) in [5.74, 6) is 0. The third kappa shape index (κ3) is 6.75. The molecule has 12 rings (SSSR count). The highest BCUT2D eigenvalue weighted by Gasteiger charge is 2.16. The Kier molecular flexibility index (Phi) is 9.12. The molecule has 0 saturated heterocycles. The van der Waals surface area contributed by atoms with Gasteiger partial charge in [0.2, 0.25) is 0 Å². The summed E-state index contributed by atoms with van der Waals surface area (Å²) >= 11 is 0. The maximum Gasteiger partial charge on any atom is 0.0723 e. The zero-order valence-electron chi connectivity index (χ0n) is 34.7. The summed E-state index contributed by atoms with van der Waals surface area (Å²) in [7, 11) is 0. The van der Waals surface area contributed by atoms with E-state index < -0.39 is 0 Å². The van der Waals surface area contributed by atoms with E-state index >= 15 is 0 Å². The van der Waals surface area contributed by atoms with E-state index in [0.29, 0.717) is 0 Å². The van der Waals surface area contributed by atoms with Crippen LogP contribution >= 0.6 is 0 Å². The molecule has 8 aromatic carbocycles. The molecule has 4 nitrogen and oxygen atoms in total. The smallest absolute Gasteiger partial charge is 0.0723 e. The summed E-state index contributed by atoms with van der Waals surface area (Å²) in [4.78, 5) is 20.2. The van der Waals surface area contributed by atoms with E-state index in [0.717, 1.165) is 122 Å². The number of hydrogen-bond donors (Lipinski definition) is 0. The van der Waals surface area contributed by atoms with Crippen LogP contribution in [0.5, 0.6) is 0 Å². The molecule has 0 saturated carbocycles. The normalized spacial score (nSPS) is 11.4. The van der Waals surface area contributed by atoms with E-state index in [4.69, 9.17) is 19.9 Å². The lowest BCUT2D eigenvalue weighted by Crippen LogP contribution is -1.93. The summed E-state index contributed by atoms with van der Waals surface area (Å²) in [6.45, 7) is 0. The van der Waals surface area contributed by atoms with Crippen LogP contribution in [0, 0.1) is 0 Å². The number of rotatable bonds is 7. The first-order valence-corrected chi connectivity index (χ1v) is 21.6. The molecule has 0 amide bonds. The van der Waals surface area contributed by atoms with Crippen LogP contribution < -0.4 is 0 Å². The molecule has 0 aliphatic rings. The lowest BCUT2D eigenvalue weighted by molar-refractivity contribution is 1.38. The van der Waals surface area contributed by atoms with E-state index in [1.54, 1.807) is 0 Å². The molecule has 0 fully saturated rings. The molecule has 64 heavy (non-hydrogen) atoms. The van der Waals surface area contributed by atoms with E-state index in [-0.39, 0.29) is 0 Å². The Bertz CT molecular complexity index is 3420. The molecule has 0 bridgehead atoms. The second kappa shape index (κ2) is 15.7. The number of nitrogens with zero attached hydrogens (tertiary/aromatic N) is 4. The van der Waals surface area contributed by atoms with Crippen molar-refractivity contribution in [1.29, 1.82) is 0 Å². The van der Waals surface area contributed by atoms with Crippen LogP contribution in [-0.4, -0.2) is 19.9 Å². The van der Waals surface area contributed by atoms with Crippen LogP contribution in [0.15, 0.2) is 231 Å². The molecule has 4 aromatic heterocycles. The van der Waals surface area contributed by atoms with Crippen LogP contribution in [0.25, 0.3) is 122 Å². The van der Waals surface area contributed by atoms with Gasteiger partial charge < -0.3 is 0 Å². The summed E-state index contributed by atoms with van der Waals surface area (Å²) in [5, 5.41) is 4.33. The molecule has 0 atom stereocenters. The molecule has 298 valence electrons. The minimum atomic E-state index is 0.925. The van der Waals surface area contributed by atoms with Gasteiger partial charge in [0.15, 0.2) is 0 Å². The van der Waals surface area contributed by atoms with Crippen molar-refractivity contribution in [2.45, 2.75) is 0 Å². The van der Waals surface area contributed by atoms with Gasteiger partial charge in [-0.2, -0.15) is 0 Å². The van der Waals surface area contributed by atoms with E-state index in [1.807, 2.05) is 12.4 Å². The Morgan fingerprint density at radius 1 is 0.219 bits per heavy atom. The quantitative estimate of drug-likeness (QED) is 0.150. The molecule has 0 aliphatic carbocycles. The second-order valence-corrected chi connectivity index (χ2v) is 16.2. The highest BCUT2D eigenvalue weighted by molar-refractivity contribution is 6.09. The van der Waals surface area contributed by atoms with Gasteiger partial charge in [-0.3, -0.25) is 9.97 Å². The van der Waals surface area contributed by atoms with Gasteiger partial charge in [-0.1, -0.05) is 170 Å². The van der Waals surface area contributed by atoms with Gasteiger partial charge in [0.1, 0.15) is 0 Å². The lowest BCUT2D eigenvalue weighted by atomic mass is 9.94. The highest BCUT2D eigenvalue weighted by Crippen LogP contribution is 2.39. The van der Waals surface area contributed by atoms with Crippen molar-refractivity contribution in [3.63, 3.8) is 0 Å². The fraction of sp³-hybridized carbons (Fsp3) is 0. The summed E-state index contributed by atoms with van der Waals surface area (Å²) < 4.78 is 0. The first kappa shape index (κ1) is 37.2. The standard InChI is InChI=1S/C60H38N4/c1-5-13-41(14-6-1)47-29-31-61-57-35-53-49(43-17-9-3-10-18-43)33-55(63-59(53)37-51(47)57)45-25-21-39(22-26-45)40-23-27-46(28-24-40)56-34-50(44-19-11-4-12-20-44)54-36-58-52(38-60(54)64-56)48(30-32-62-58)42-15-7-2-8-16-42/h1-38H.